The van der Waals surface area contributed by atoms with Gasteiger partial charge in [0.2, 0.25) is 0 Å². The Morgan fingerprint density at radius 1 is 1.33 bits per heavy atom. The van der Waals surface area contributed by atoms with Crippen molar-refractivity contribution in [2.24, 2.45) is 0 Å². The minimum Gasteiger partial charge on any atom is -0.346 e. The first-order chi connectivity index (χ1) is 11.6. The van der Waals surface area contributed by atoms with Crippen LogP contribution in [0.4, 0.5) is 0 Å². The van der Waals surface area contributed by atoms with Gasteiger partial charge in [0, 0.05) is 43.4 Å². The van der Waals surface area contributed by atoms with E-state index in [1.807, 2.05) is 32.3 Å². The molecule has 128 valence electrons. The normalized spacial score (nSPS) is 15.1. The van der Waals surface area contributed by atoms with E-state index in [9.17, 15) is 4.79 Å². The molecule has 1 aliphatic rings. The van der Waals surface area contributed by atoms with Crippen LogP contribution < -0.4 is 10.6 Å². The van der Waals surface area contributed by atoms with E-state index < -0.39 is 0 Å². The number of nitrogens with one attached hydrogen (secondary N) is 3. The van der Waals surface area contributed by atoms with E-state index in [0.29, 0.717) is 12.2 Å². The highest BCUT2D eigenvalue weighted by atomic mass is 16.2. The zero-order chi connectivity index (χ0) is 16.9. The molecule has 0 saturated heterocycles. The molecular formula is C18H25N5O. The summed E-state index contributed by atoms with van der Waals surface area (Å²) in [6.07, 6.45) is 1.69. The van der Waals surface area contributed by atoms with Crippen LogP contribution in [0.25, 0.3) is 0 Å². The van der Waals surface area contributed by atoms with Crippen molar-refractivity contribution in [3.8, 4) is 0 Å². The van der Waals surface area contributed by atoms with Gasteiger partial charge in [0.25, 0.3) is 5.91 Å². The summed E-state index contributed by atoms with van der Waals surface area (Å²) in [4.78, 5) is 14.8. The molecule has 1 amide bonds. The average molecular weight is 327 g/mol. The Kier molecular flexibility index (Phi) is 5.27. The summed E-state index contributed by atoms with van der Waals surface area (Å²) < 4.78 is 0. The fraction of sp³-hybridized carbons (Fsp3) is 0.444. The van der Waals surface area contributed by atoms with Crippen molar-refractivity contribution in [3.05, 3.63) is 52.8 Å². The maximum Gasteiger partial charge on any atom is 0.272 e. The number of likely N-dealkylation sites (N-methyl/N-ethyl adjacent to an activating group) is 1. The van der Waals surface area contributed by atoms with Crippen LogP contribution >= 0.6 is 0 Å². The van der Waals surface area contributed by atoms with Crippen LogP contribution in [-0.4, -0.2) is 54.2 Å². The third-order valence-corrected chi connectivity index (χ3v) is 4.27. The smallest absolute Gasteiger partial charge is 0.272 e. The van der Waals surface area contributed by atoms with E-state index in [0.717, 1.165) is 37.2 Å². The van der Waals surface area contributed by atoms with Gasteiger partial charge in [-0.15, -0.1) is 0 Å². The topological polar surface area (TPSA) is 73.0 Å². The predicted molar refractivity (Wildman–Crippen MR) is 94.0 cm³/mol. The summed E-state index contributed by atoms with van der Waals surface area (Å²) in [5, 5.41) is 13.7. The van der Waals surface area contributed by atoms with Crippen molar-refractivity contribution in [2.45, 2.75) is 25.4 Å². The van der Waals surface area contributed by atoms with Crippen molar-refractivity contribution in [3.63, 3.8) is 0 Å². The number of carbonyl (C=O) groups excluding carboxylic acids is 1. The number of benzene rings is 1. The molecule has 1 aromatic heterocycles. The molecule has 6 nitrogen and oxygen atoms in total. The number of amides is 1. The van der Waals surface area contributed by atoms with Crippen molar-refractivity contribution in [2.75, 3.05) is 27.2 Å². The Bertz CT molecular complexity index is 680. The molecule has 0 aliphatic carbocycles. The zero-order valence-corrected chi connectivity index (χ0v) is 14.3. The van der Waals surface area contributed by atoms with Crippen LogP contribution in [0.5, 0.6) is 0 Å². The van der Waals surface area contributed by atoms with Gasteiger partial charge in [0.15, 0.2) is 5.69 Å². The Morgan fingerprint density at radius 2 is 2.12 bits per heavy atom. The molecule has 2 heterocycles. The predicted octanol–water partition coefficient (Wildman–Crippen LogP) is 0.958. The van der Waals surface area contributed by atoms with Crippen molar-refractivity contribution >= 4 is 5.91 Å². The molecule has 0 radical (unpaired) electrons. The number of aromatic amines is 1. The maximum absolute atomic E-state index is 12.7. The van der Waals surface area contributed by atoms with Gasteiger partial charge in [-0.2, -0.15) is 5.10 Å². The number of hydrogen-bond donors (Lipinski definition) is 3. The molecule has 1 aliphatic heterocycles. The van der Waals surface area contributed by atoms with Crippen molar-refractivity contribution < 1.29 is 4.79 Å². The minimum absolute atomic E-state index is 0.0406. The lowest BCUT2D eigenvalue weighted by atomic mass is 10.0. The van der Waals surface area contributed by atoms with E-state index in [1.165, 1.54) is 5.56 Å². The maximum atomic E-state index is 12.7. The van der Waals surface area contributed by atoms with Gasteiger partial charge < -0.3 is 15.5 Å². The molecule has 0 spiro atoms. The summed E-state index contributed by atoms with van der Waals surface area (Å²) in [5.41, 5.74) is 3.82. The zero-order valence-electron chi connectivity index (χ0n) is 14.3. The number of rotatable bonds is 6. The molecule has 1 aromatic carbocycles. The number of H-pyrrole nitrogens is 1. The Hall–Kier alpha value is -2.18. The first kappa shape index (κ1) is 16.7. The molecule has 3 rings (SSSR count). The molecule has 3 N–H and O–H groups in total. The summed E-state index contributed by atoms with van der Waals surface area (Å²) in [5.74, 6) is -0.0982. The van der Waals surface area contributed by atoms with Crippen molar-refractivity contribution in [1.29, 1.82) is 0 Å². The lowest BCUT2D eigenvalue weighted by Crippen LogP contribution is -2.43. The van der Waals surface area contributed by atoms with Gasteiger partial charge in [0.1, 0.15) is 0 Å². The van der Waals surface area contributed by atoms with Gasteiger partial charge in [-0.05, 0) is 26.1 Å². The number of carbonyl (C=O) groups is 1. The molecular weight excluding hydrogens is 302 g/mol. The van der Waals surface area contributed by atoms with Crippen LogP contribution in [0.2, 0.25) is 0 Å². The Balaban J connectivity index is 1.72. The number of nitrogens with zero attached hydrogens (tertiary/aromatic N) is 2. The third kappa shape index (κ3) is 4.01. The standard InChI is InChI=1S/C18H25N5O/c1-23(2)12-14(10-13-6-4-3-5-7-13)20-18(24)17-15-11-19-9-8-16(15)21-22-17/h3-7,14,19H,8-12H2,1-2H3,(H,20,24)(H,21,22). The highest BCUT2D eigenvalue weighted by Crippen LogP contribution is 2.15. The van der Waals surface area contributed by atoms with Crippen LogP contribution in [0.1, 0.15) is 27.3 Å². The molecule has 2 aromatic rings. The average Bonchev–Trinajstić information content (AvgIpc) is 2.99. The van der Waals surface area contributed by atoms with Gasteiger partial charge in [-0.3, -0.25) is 9.89 Å². The fourth-order valence-electron chi connectivity index (χ4n) is 3.17. The van der Waals surface area contributed by atoms with Gasteiger partial charge in [-0.1, -0.05) is 30.3 Å². The highest BCUT2D eigenvalue weighted by molar-refractivity contribution is 5.94. The number of aromatic nitrogens is 2. The highest BCUT2D eigenvalue weighted by Gasteiger charge is 2.23. The van der Waals surface area contributed by atoms with Gasteiger partial charge in [0.05, 0.1) is 0 Å². The quantitative estimate of drug-likeness (QED) is 0.739. The largest absolute Gasteiger partial charge is 0.346 e. The molecule has 0 bridgehead atoms. The second-order valence-corrected chi connectivity index (χ2v) is 6.58. The van der Waals surface area contributed by atoms with Gasteiger partial charge in [-0.25, -0.2) is 0 Å². The van der Waals surface area contributed by atoms with Crippen LogP contribution in [-0.2, 0) is 19.4 Å². The van der Waals surface area contributed by atoms with Crippen molar-refractivity contribution in [1.82, 2.24) is 25.7 Å². The third-order valence-electron chi connectivity index (χ3n) is 4.27. The first-order valence-corrected chi connectivity index (χ1v) is 8.40. The van der Waals surface area contributed by atoms with E-state index in [2.05, 4.69) is 37.9 Å². The second-order valence-electron chi connectivity index (χ2n) is 6.58. The lowest BCUT2D eigenvalue weighted by Gasteiger charge is -2.22. The summed E-state index contributed by atoms with van der Waals surface area (Å²) in [6.45, 7) is 2.41. The Labute approximate surface area is 142 Å². The number of fused-ring (bicyclic) bond motifs is 1. The van der Waals surface area contributed by atoms with Crippen LogP contribution in [0.15, 0.2) is 30.3 Å². The summed E-state index contributed by atoms with van der Waals surface area (Å²) >= 11 is 0. The molecule has 1 unspecified atom stereocenters. The fourth-order valence-corrected chi connectivity index (χ4v) is 3.17. The molecule has 24 heavy (non-hydrogen) atoms. The monoisotopic (exact) mass is 327 g/mol. The minimum atomic E-state index is -0.0982. The summed E-state index contributed by atoms with van der Waals surface area (Å²) in [6, 6.07) is 10.3. The Morgan fingerprint density at radius 3 is 2.88 bits per heavy atom. The molecule has 6 heteroatoms. The van der Waals surface area contributed by atoms with E-state index in [1.54, 1.807) is 0 Å². The van der Waals surface area contributed by atoms with Gasteiger partial charge >= 0.3 is 0 Å². The van der Waals surface area contributed by atoms with Crippen LogP contribution in [0.3, 0.4) is 0 Å². The van der Waals surface area contributed by atoms with E-state index in [4.69, 9.17) is 0 Å². The number of hydrogen-bond acceptors (Lipinski definition) is 4. The molecule has 1 atom stereocenters. The van der Waals surface area contributed by atoms with E-state index in [-0.39, 0.29) is 11.9 Å². The van der Waals surface area contributed by atoms with E-state index >= 15 is 0 Å². The molecule has 0 fully saturated rings. The molecule has 0 saturated carbocycles. The summed E-state index contributed by atoms with van der Waals surface area (Å²) in [7, 11) is 4.04. The van der Waals surface area contributed by atoms with Crippen LogP contribution in [0, 0.1) is 0 Å². The first-order valence-electron chi connectivity index (χ1n) is 8.40. The second kappa shape index (κ2) is 7.59. The SMILES string of the molecule is CN(C)CC(Cc1ccccc1)NC(=O)c1n[nH]c2c1CNCC2. The lowest BCUT2D eigenvalue weighted by molar-refractivity contribution is 0.0924.